The second-order valence-electron chi connectivity index (χ2n) is 6.78. The molecular formula is C21H19Cl3N4O2S2. The highest BCUT2D eigenvalue weighted by atomic mass is 35.5. The lowest BCUT2D eigenvalue weighted by Gasteiger charge is -2.18. The zero-order valence-corrected chi connectivity index (χ0v) is 20.7. The van der Waals surface area contributed by atoms with Crippen LogP contribution in [0.25, 0.3) is 0 Å². The number of carbonyl (C=O) groups excluding carboxylic acids is 1. The first-order chi connectivity index (χ1) is 15.3. The van der Waals surface area contributed by atoms with Crippen molar-refractivity contribution in [2.75, 3.05) is 4.72 Å². The van der Waals surface area contributed by atoms with Crippen molar-refractivity contribution in [1.82, 2.24) is 5.32 Å². The van der Waals surface area contributed by atoms with Gasteiger partial charge in [0, 0.05) is 26.4 Å². The van der Waals surface area contributed by atoms with Gasteiger partial charge < -0.3 is 10.0 Å². The third kappa shape index (κ3) is 6.37. The fourth-order valence-corrected chi connectivity index (χ4v) is 4.98. The van der Waals surface area contributed by atoms with Crippen LogP contribution in [0.3, 0.4) is 0 Å². The Hall–Kier alpha value is -1.81. The maximum Gasteiger partial charge on any atom is 0.253 e. The Morgan fingerprint density at radius 3 is 2.62 bits per heavy atom. The van der Waals surface area contributed by atoms with E-state index in [1.165, 1.54) is 6.07 Å². The second-order valence-corrected chi connectivity index (χ2v) is 9.72. The first-order valence-corrected chi connectivity index (χ1v) is 12.4. The van der Waals surface area contributed by atoms with Gasteiger partial charge in [-0.1, -0.05) is 46.9 Å². The van der Waals surface area contributed by atoms with E-state index < -0.39 is 22.9 Å². The van der Waals surface area contributed by atoms with Gasteiger partial charge in [0.15, 0.2) is 0 Å². The Labute approximate surface area is 208 Å². The largest absolute Gasteiger partial charge is 0.345 e. The van der Waals surface area contributed by atoms with Gasteiger partial charge in [-0.2, -0.15) is 0 Å². The number of halogens is 3. The average molecular weight is 530 g/mol. The van der Waals surface area contributed by atoms with Crippen LogP contribution in [0, 0.1) is 0 Å². The predicted octanol–water partition coefficient (Wildman–Crippen LogP) is 6.02. The van der Waals surface area contributed by atoms with E-state index in [2.05, 4.69) is 14.4 Å². The van der Waals surface area contributed by atoms with Gasteiger partial charge in [0.1, 0.15) is 11.0 Å². The zero-order valence-electron chi connectivity index (χ0n) is 16.8. The highest BCUT2D eigenvalue weighted by Crippen LogP contribution is 2.28. The van der Waals surface area contributed by atoms with Crippen molar-refractivity contribution in [3.63, 3.8) is 0 Å². The highest BCUT2D eigenvalue weighted by molar-refractivity contribution is 7.95. The molecule has 1 aliphatic rings. The molecule has 6 nitrogen and oxygen atoms in total. The summed E-state index contributed by atoms with van der Waals surface area (Å²) in [4.78, 5) is 13.6. The SMILES string of the molecule is C[C@@H](NC(=O)c1cc(Cl)ccc1NS(=O)C1=CC=C/C(=N/SN)C1)c1ccc(Cl)cc1Cl. The third-order valence-electron chi connectivity index (χ3n) is 4.54. The summed E-state index contributed by atoms with van der Waals surface area (Å²) in [6.45, 7) is 1.80. The molecule has 2 aromatic rings. The van der Waals surface area contributed by atoms with Gasteiger partial charge in [-0.15, -0.1) is 0 Å². The number of amides is 1. The Bertz CT molecular complexity index is 1150. The molecule has 0 radical (unpaired) electrons. The first kappa shape index (κ1) is 24.8. The van der Waals surface area contributed by atoms with Crippen LogP contribution in [0.1, 0.15) is 35.3 Å². The van der Waals surface area contributed by atoms with E-state index >= 15 is 0 Å². The van der Waals surface area contributed by atoms with E-state index in [9.17, 15) is 9.00 Å². The predicted molar refractivity (Wildman–Crippen MR) is 137 cm³/mol. The number of benzene rings is 2. The Balaban J connectivity index is 1.79. The highest BCUT2D eigenvalue weighted by Gasteiger charge is 2.20. The summed E-state index contributed by atoms with van der Waals surface area (Å²) in [5, 5.41) is 9.60. The standard InChI is InChI=1S/C21H19Cl3N4O2S2/c1-12(17-7-5-14(23)10-19(17)24)26-21(29)18-9-13(22)6-8-20(18)28-32(30)16-4-2-3-15(11-16)27-31-25/h2-10,12,28H,11,25H2,1H3,(H,26,29)/b27-15-/t12-,32?/m1/s1. The van der Waals surface area contributed by atoms with Crippen molar-refractivity contribution in [2.24, 2.45) is 9.54 Å². The smallest absolute Gasteiger partial charge is 0.253 e. The van der Waals surface area contributed by atoms with E-state index in [0.29, 0.717) is 43.4 Å². The molecule has 3 rings (SSSR count). The summed E-state index contributed by atoms with van der Waals surface area (Å²) in [5.41, 5.74) is 2.05. The minimum absolute atomic E-state index is 0.251. The molecule has 4 N–H and O–H groups in total. The quantitative estimate of drug-likeness (QED) is 0.382. The van der Waals surface area contributed by atoms with Gasteiger partial charge in [-0.25, -0.2) is 8.61 Å². The lowest BCUT2D eigenvalue weighted by molar-refractivity contribution is 0.0941. The summed E-state index contributed by atoms with van der Waals surface area (Å²) in [5.74, 6) is -0.398. The number of rotatable bonds is 7. The number of nitrogens with one attached hydrogen (secondary N) is 2. The van der Waals surface area contributed by atoms with Crippen molar-refractivity contribution >= 4 is 75.2 Å². The average Bonchev–Trinajstić information content (AvgIpc) is 2.75. The number of nitrogens with zero attached hydrogens (tertiary/aromatic N) is 1. The van der Waals surface area contributed by atoms with Gasteiger partial charge in [0.05, 0.1) is 35.1 Å². The number of allylic oxidation sites excluding steroid dienone is 4. The van der Waals surface area contributed by atoms with Gasteiger partial charge >= 0.3 is 0 Å². The van der Waals surface area contributed by atoms with Crippen LogP contribution < -0.4 is 15.2 Å². The van der Waals surface area contributed by atoms with Crippen LogP contribution in [0.5, 0.6) is 0 Å². The topological polar surface area (TPSA) is 96.6 Å². The monoisotopic (exact) mass is 528 g/mol. The summed E-state index contributed by atoms with van der Waals surface area (Å²) in [6, 6.07) is 9.41. The second kappa shape index (κ2) is 11.4. The molecule has 168 valence electrons. The molecule has 2 aromatic carbocycles. The summed E-state index contributed by atoms with van der Waals surface area (Å²) in [7, 11) is -1.60. The van der Waals surface area contributed by atoms with E-state index in [1.54, 1.807) is 55.5 Å². The molecule has 0 saturated carbocycles. The first-order valence-electron chi connectivity index (χ1n) is 9.32. The van der Waals surface area contributed by atoms with Gasteiger partial charge in [0.25, 0.3) is 5.91 Å². The van der Waals surface area contributed by atoms with Gasteiger partial charge in [0.2, 0.25) is 0 Å². The zero-order chi connectivity index (χ0) is 23.3. The normalized spacial score (nSPS) is 16.4. The van der Waals surface area contributed by atoms with Gasteiger partial charge in [-0.05, 0) is 55.0 Å². The van der Waals surface area contributed by atoms with Crippen LogP contribution in [0.4, 0.5) is 5.69 Å². The maximum atomic E-state index is 13.0. The van der Waals surface area contributed by atoms with E-state index in [1.807, 2.05) is 0 Å². The molecule has 0 bridgehead atoms. The van der Waals surface area contributed by atoms with Crippen LogP contribution in [0.15, 0.2) is 63.9 Å². The molecule has 32 heavy (non-hydrogen) atoms. The minimum Gasteiger partial charge on any atom is -0.345 e. The minimum atomic E-state index is -1.60. The Morgan fingerprint density at radius 2 is 1.91 bits per heavy atom. The van der Waals surface area contributed by atoms with Crippen molar-refractivity contribution in [3.05, 3.63) is 85.7 Å². The summed E-state index contributed by atoms with van der Waals surface area (Å²) < 4.78 is 19.9. The van der Waals surface area contributed by atoms with E-state index in [4.69, 9.17) is 39.9 Å². The molecule has 1 aliphatic carbocycles. The molecule has 0 aromatic heterocycles. The Kier molecular flexibility index (Phi) is 8.81. The van der Waals surface area contributed by atoms with Crippen LogP contribution in [0.2, 0.25) is 15.1 Å². The van der Waals surface area contributed by atoms with E-state index in [0.717, 1.165) is 12.1 Å². The molecule has 2 atom stereocenters. The van der Waals surface area contributed by atoms with Crippen molar-refractivity contribution in [3.8, 4) is 0 Å². The number of nitrogens with two attached hydrogens (primary N) is 1. The number of hydrogen-bond donors (Lipinski definition) is 3. The fourth-order valence-electron chi connectivity index (χ4n) is 2.98. The van der Waals surface area contributed by atoms with Crippen LogP contribution in [-0.2, 0) is 11.0 Å². The third-order valence-corrected chi connectivity index (χ3v) is 6.84. The lowest BCUT2D eigenvalue weighted by Crippen LogP contribution is -2.28. The fraction of sp³-hybridized carbons (Fsp3) is 0.143. The molecule has 0 heterocycles. The van der Waals surface area contributed by atoms with E-state index in [-0.39, 0.29) is 5.56 Å². The summed E-state index contributed by atoms with van der Waals surface area (Å²) >= 11 is 19.2. The molecule has 1 amide bonds. The van der Waals surface area contributed by atoms with Crippen LogP contribution >= 0.6 is 46.9 Å². The van der Waals surface area contributed by atoms with Crippen molar-refractivity contribution in [2.45, 2.75) is 19.4 Å². The maximum absolute atomic E-state index is 13.0. The molecule has 0 fully saturated rings. The molecule has 0 aliphatic heterocycles. The molecule has 0 saturated heterocycles. The number of anilines is 1. The molecule has 11 heteroatoms. The molecule has 1 unspecified atom stereocenters. The number of hydrogen-bond acceptors (Lipinski definition) is 5. The number of carbonyl (C=O) groups is 1. The van der Waals surface area contributed by atoms with Gasteiger partial charge in [-0.3, -0.25) is 9.93 Å². The van der Waals surface area contributed by atoms with Crippen molar-refractivity contribution in [1.29, 1.82) is 0 Å². The molecule has 0 spiro atoms. The molecular weight excluding hydrogens is 511 g/mol. The van der Waals surface area contributed by atoms with Crippen LogP contribution in [-0.4, -0.2) is 15.8 Å². The Morgan fingerprint density at radius 1 is 1.19 bits per heavy atom. The lowest BCUT2D eigenvalue weighted by atomic mass is 10.1. The summed E-state index contributed by atoms with van der Waals surface area (Å²) in [6.07, 6.45) is 5.66. The van der Waals surface area contributed by atoms with Crippen molar-refractivity contribution < 1.29 is 9.00 Å².